The number of rotatable bonds is 4. The van der Waals surface area contributed by atoms with Crippen molar-refractivity contribution in [3.05, 3.63) is 24.0 Å². The molecule has 0 heterocycles. The van der Waals surface area contributed by atoms with E-state index in [1.54, 1.807) is 13.8 Å². The van der Waals surface area contributed by atoms with Gasteiger partial charge in [0, 0.05) is 5.69 Å². The maximum absolute atomic E-state index is 13.1. The van der Waals surface area contributed by atoms with Crippen molar-refractivity contribution in [3.8, 4) is 0 Å². The highest BCUT2D eigenvalue weighted by Crippen LogP contribution is 2.23. The largest absolute Gasteiger partial charge is 0.399 e. The number of halogens is 1. The van der Waals surface area contributed by atoms with Crippen molar-refractivity contribution in [1.29, 1.82) is 0 Å². The molecule has 0 aliphatic rings. The standard InChI is InChI=1S/C11H16FNO2S/c1-3-10(4-2)16(14,15)11-6-8(12)5-9(13)7-11/h5-7,10H,3-4,13H2,1-2H3. The average molecular weight is 245 g/mol. The number of nitrogen functional groups attached to an aromatic ring is 1. The summed E-state index contributed by atoms with van der Waals surface area (Å²) < 4.78 is 37.2. The van der Waals surface area contributed by atoms with E-state index in [0.717, 1.165) is 12.1 Å². The molecule has 0 bridgehead atoms. The predicted octanol–water partition coefficient (Wildman–Crippen LogP) is 2.37. The molecule has 0 saturated heterocycles. The first-order valence-corrected chi connectivity index (χ1v) is 6.76. The van der Waals surface area contributed by atoms with Gasteiger partial charge in [0.25, 0.3) is 0 Å². The van der Waals surface area contributed by atoms with Gasteiger partial charge in [-0.2, -0.15) is 0 Å². The van der Waals surface area contributed by atoms with Crippen LogP contribution in [-0.4, -0.2) is 13.7 Å². The Labute approximate surface area is 95.4 Å². The SMILES string of the molecule is CCC(CC)S(=O)(=O)c1cc(N)cc(F)c1. The molecule has 3 nitrogen and oxygen atoms in total. The molecule has 2 N–H and O–H groups in total. The van der Waals surface area contributed by atoms with E-state index in [4.69, 9.17) is 5.73 Å². The van der Waals surface area contributed by atoms with Crippen LogP contribution in [0.4, 0.5) is 10.1 Å². The second-order valence-electron chi connectivity index (χ2n) is 3.70. The molecule has 0 saturated carbocycles. The van der Waals surface area contributed by atoms with Gasteiger partial charge in [-0.3, -0.25) is 0 Å². The van der Waals surface area contributed by atoms with Crippen LogP contribution < -0.4 is 5.73 Å². The first kappa shape index (κ1) is 13.0. The minimum atomic E-state index is -3.47. The highest BCUT2D eigenvalue weighted by Gasteiger charge is 2.25. The topological polar surface area (TPSA) is 60.2 Å². The Morgan fingerprint density at radius 3 is 2.25 bits per heavy atom. The maximum atomic E-state index is 13.1. The third-order valence-electron chi connectivity index (χ3n) is 2.57. The van der Waals surface area contributed by atoms with E-state index in [-0.39, 0.29) is 10.6 Å². The summed E-state index contributed by atoms with van der Waals surface area (Å²) in [6, 6.07) is 3.42. The molecule has 0 atom stereocenters. The highest BCUT2D eigenvalue weighted by atomic mass is 32.2. The summed E-state index contributed by atoms with van der Waals surface area (Å²) in [7, 11) is -3.47. The molecular weight excluding hydrogens is 229 g/mol. The lowest BCUT2D eigenvalue weighted by atomic mass is 10.3. The zero-order chi connectivity index (χ0) is 12.3. The van der Waals surface area contributed by atoms with Crippen molar-refractivity contribution in [2.75, 3.05) is 5.73 Å². The minimum absolute atomic E-state index is 0.0290. The molecule has 0 radical (unpaired) electrons. The Morgan fingerprint density at radius 2 is 1.81 bits per heavy atom. The van der Waals surface area contributed by atoms with E-state index in [9.17, 15) is 12.8 Å². The smallest absolute Gasteiger partial charge is 0.181 e. The third-order valence-corrected chi connectivity index (χ3v) is 5.01. The van der Waals surface area contributed by atoms with E-state index < -0.39 is 20.9 Å². The van der Waals surface area contributed by atoms with Crippen molar-refractivity contribution < 1.29 is 12.8 Å². The van der Waals surface area contributed by atoms with Gasteiger partial charge >= 0.3 is 0 Å². The fraction of sp³-hybridized carbons (Fsp3) is 0.455. The van der Waals surface area contributed by atoms with Crippen LogP contribution in [0.3, 0.4) is 0 Å². The third kappa shape index (κ3) is 2.52. The predicted molar refractivity (Wildman–Crippen MR) is 62.4 cm³/mol. The Balaban J connectivity index is 3.26. The summed E-state index contributed by atoms with van der Waals surface area (Å²) in [4.78, 5) is -0.0290. The molecule has 5 heteroatoms. The number of sulfone groups is 1. The van der Waals surface area contributed by atoms with Crippen LogP contribution in [0.25, 0.3) is 0 Å². The van der Waals surface area contributed by atoms with Crippen LogP contribution >= 0.6 is 0 Å². The zero-order valence-corrected chi connectivity index (χ0v) is 10.2. The number of anilines is 1. The molecule has 16 heavy (non-hydrogen) atoms. The van der Waals surface area contributed by atoms with Crippen LogP contribution in [0.2, 0.25) is 0 Å². The van der Waals surface area contributed by atoms with Crippen molar-refractivity contribution in [2.24, 2.45) is 0 Å². The molecule has 0 amide bonds. The van der Waals surface area contributed by atoms with Gasteiger partial charge in [-0.15, -0.1) is 0 Å². The first-order chi connectivity index (χ1) is 7.41. The first-order valence-electron chi connectivity index (χ1n) is 5.21. The summed E-state index contributed by atoms with van der Waals surface area (Å²) in [5.74, 6) is -0.621. The molecule has 0 spiro atoms. The van der Waals surface area contributed by atoms with Crippen LogP contribution in [0.5, 0.6) is 0 Å². The fourth-order valence-electron chi connectivity index (χ4n) is 1.67. The second-order valence-corrected chi connectivity index (χ2v) is 5.93. The van der Waals surface area contributed by atoms with E-state index in [1.807, 2.05) is 0 Å². The van der Waals surface area contributed by atoms with Crippen LogP contribution in [0.1, 0.15) is 26.7 Å². The quantitative estimate of drug-likeness (QED) is 0.828. The van der Waals surface area contributed by atoms with E-state index >= 15 is 0 Å². The van der Waals surface area contributed by atoms with E-state index in [0.29, 0.717) is 12.8 Å². The molecular formula is C11H16FNO2S. The molecule has 1 rings (SSSR count). The van der Waals surface area contributed by atoms with Crippen molar-refractivity contribution >= 4 is 15.5 Å². The summed E-state index contributed by atoms with van der Waals surface area (Å²) in [5, 5.41) is -0.478. The summed E-state index contributed by atoms with van der Waals surface area (Å²) >= 11 is 0. The van der Waals surface area contributed by atoms with E-state index in [2.05, 4.69) is 0 Å². The van der Waals surface area contributed by atoms with Crippen LogP contribution in [0.15, 0.2) is 23.1 Å². The van der Waals surface area contributed by atoms with Crippen molar-refractivity contribution in [2.45, 2.75) is 36.8 Å². The molecule has 1 aromatic rings. The maximum Gasteiger partial charge on any atom is 0.181 e. The van der Waals surface area contributed by atoms with E-state index in [1.165, 1.54) is 6.07 Å². The molecule has 90 valence electrons. The molecule has 0 aliphatic heterocycles. The Morgan fingerprint density at radius 1 is 1.25 bits per heavy atom. The van der Waals surface area contributed by atoms with Gasteiger partial charge < -0.3 is 5.73 Å². The molecule has 0 unspecified atom stereocenters. The number of benzene rings is 1. The Bertz CT molecular complexity index is 447. The fourth-order valence-corrected chi connectivity index (χ4v) is 3.51. The molecule has 1 aromatic carbocycles. The van der Waals surface area contributed by atoms with Gasteiger partial charge in [-0.25, -0.2) is 12.8 Å². The van der Waals surface area contributed by atoms with Gasteiger partial charge in [0.2, 0.25) is 0 Å². The number of nitrogens with two attached hydrogens (primary N) is 1. The monoisotopic (exact) mass is 245 g/mol. The lowest BCUT2D eigenvalue weighted by Crippen LogP contribution is -2.20. The molecule has 0 aliphatic carbocycles. The van der Waals surface area contributed by atoms with Gasteiger partial charge in [0.15, 0.2) is 9.84 Å². The zero-order valence-electron chi connectivity index (χ0n) is 9.40. The van der Waals surface area contributed by atoms with Gasteiger partial charge in [0.1, 0.15) is 5.82 Å². The molecule has 0 fully saturated rings. The highest BCUT2D eigenvalue weighted by molar-refractivity contribution is 7.92. The van der Waals surface area contributed by atoms with Gasteiger partial charge in [-0.05, 0) is 31.0 Å². The van der Waals surface area contributed by atoms with Crippen LogP contribution in [0, 0.1) is 5.82 Å². The van der Waals surface area contributed by atoms with Gasteiger partial charge in [0.05, 0.1) is 10.1 Å². The Hall–Kier alpha value is -1.10. The summed E-state index contributed by atoms with van der Waals surface area (Å²) in [6.45, 7) is 3.60. The van der Waals surface area contributed by atoms with Crippen molar-refractivity contribution in [3.63, 3.8) is 0 Å². The minimum Gasteiger partial charge on any atom is -0.399 e. The second kappa shape index (κ2) is 4.82. The lowest BCUT2D eigenvalue weighted by Gasteiger charge is -2.14. The van der Waals surface area contributed by atoms with Gasteiger partial charge in [-0.1, -0.05) is 13.8 Å². The van der Waals surface area contributed by atoms with Crippen LogP contribution in [-0.2, 0) is 9.84 Å². The van der Waals surface area contributed by atoms with Crippen molar-refractivity contribution in [1.82, 2.24) is 0 Å². The molecule has 0 aromatic heterocycles. The summed E-state index contributed by atoms with van der Waals surface area (Å²) in [5.41, 5.74) is 5.56. The Kier molecular flexibility index (Phi) is 3.91. The number of hydrogen-bond donors (Lipinski definition) is 1. The normalized spacial score (nSPS) is 12.0. The lowest BCUT2D eigenvalue weighted by molar-refractivity contribution is 0.568. The average Bonchev–Trinajstić information content (AvgIpc) is 2.17. The number of hydrogen-bond acceptors (Lipinski definition) is 3. The summed E-state index contributed by atoms with van der Waals surface area (Å²) in [6.07, 6.45) is 1.02.